The molecule has 1 aliphatic rings. The van der Waals surface area contributed by atoms with Crippen LogP contribution in [0.3, 0.4) is 0 Å². The summed E-state index contributed by atoms with van der Waals surface area (Å²) in [5.41, 5.74) is 0.365. The summed E-state index contributed by atoms with van der Waals surface area (Å²) in [7, 11) is -3.63. The van der Waals surface area contributed by atoms with Gasteiger partial charge in [0.25, 0.3) is 11.5 Å². The van der Waals surface area contributed by atoms with E-state index in [1.165, 1.54) is 16.8 Å². The number of carbonyl (C=O) groups is 1. The maximum Gasteiger partial charge on any atom is 0.276 e. The Morgan fingerprint density at radius 2 is 1.65 bits per heavy atom. The molecule has 0 aliphatic carbocycles. The second-order valence-electron chi connectivity index (χ2n) is 8.86. The molecule has 1 N–H and O–H groups in total. The third-order valence-electron chi connectivity index (χ3n) is 6.32. The number of amides is 1. The highest BCUT2D eigenvalue weighted by Gasteiger charge is 2.35. The van der Waals surface area contributed by atoms with Crippen LogP contribution in [0.15, 0.2) is 58.2 Å². The van der Waals surface area contributed by atoms with Gasteiger partial charge in [0.15, 0.2) is 5.69 Å². The van der Waals surface area contributed by atoms with E-state index in [0.29, 0.717) is 29.4 Å². The molecule has 34 heavy (non-hydrogen) atoms. The van der Waals surface area contributed by atoms with Crippen LogP contribution >= 0.6 is 0 Å². The van der Waals surface area contributed by atoms with Crippen LogP contribution in [0.5, 0.6) is 0 Å². The fourth-order valence-electron chi connectivity index (χ4n) is 4.66. The van der Waals surface area contributed by atoms with E-state index in [2.05, 4.69) is 10.4 Å². The third kappa shape index (κ3) is 4.50. The van der Waals surface area contributed by atoms with Crippen molar-refractivity contribution in [3.8, 4) is 0 Å². The summed E-state index contributed by atoms with van der Waals surface area (Å²) in [5, 5.41) is 8.01. The molecule has 1 amide bonds. The molecular formula is C25H30N4O4S. The number of nitrogens with zero attached hydrogens (tertiary/aromatic N) is 3. The van der Waals surface area contributed by atoms with Crippen LogP contribution in [0, 0.1) is 0 Å². The average molecular weight is 483 g/mol. The molecule has 180 valence electrons. The molecule has 0 bridgehead atoms. The summed E-state index contributed by atoms with van der Waals surface area (Å²) in [5.74, 6) is -0.463. The first kappa shape index (κ1) is 24.1. The number of fused-ring (bicyclic) bond motifs is 1. The molecule has 1 fully saturated rings. The zero-order valence-electron chi connectivity index (χ0n) is 19.7. The Morgan fingerprint density at radius 1 is 1.03 bits per heavy atom. The van der Waals surface area contributed by atoms with Crippen molar-refractivity contribution in [3.05, 3.63) is 64.6 Å². The lowest BCUT2D eigenvalue weighted by Gasteiger charge is -2.37. The van der Waals surface area contributed by atoms with Crippen molar-refractivity contribution in [2.24, 2.45) is 0 Å². The Kier molecular flexibility index (Phi) is 6.86. The summed E-state index contributed by atoms with van der Waals surface area (Å²) in [6.07, 6.45) is 3.42. The summed E-state index contributed by atoms with van der Waals surface area (Å²) in [6, 6.07) is 13.0. The van der Waals surface area contributed by atoms with Gasteiger partial charge in [-0.1, -0.05) is 31.5 Å². The summed E-state index contributed by atoms with van der Waals surface area (Å²) >= 11 is 0. The van der Waals surface area contributed by atoms with Crippen molar-refractivity contribution in [1.29, 1.82) is 0 Å². The Morgan fingerprint density at radius 3 is 2.26 bits per heavy atom. The molecule has 8 nitrogen and oxygen atoms in total. The molecule has 0 unspecified atom stereocenters. The van der Waals surface area contributed by atoms with Crippen molar-refractivity contribution in [1.82, 2.24) is 14.1 Å². The van der Waals surface area contributed by atoms with E-state index < -0.39 is 15.9 Å². The van der Waals surface area contributed by atoms with E-state index in [1.54, 1.807) is 40.7 Å². The summed E-state index contributed by atoms with van der Waals surface area (Å²) < 4.78 is 29.4. The molecule has 0 saturated carbocycles. The second kappa shape index (κ2) is 9.68. The van der Waals surface area contributed by atoms with Crippen LogP contribution in [0.25, 0.3) is 10.8 Å². The zero-order chi connectivity index (χ0) is 24.5. The summed E-state index contributed by atoms with van der Waals surface area (Å²) in [4.78, 5) is 26.0. The van der Waals surface area contributed by atoms with Gasteiger partial charge in [0.1, 0.15) is 0 Å². The van der Waals surface area contributed by atoms with Crippen LogP contribution in [0.4, 0.5) is 5.69 Å². The molecule has 1 aromatic heterocycles. The number of sulfonamides is 1. The largest absolute Gasteiger partial charge is 0.321 e. The van der Waals surface area contributed by atoms with Crippen LogP contribution in [-0.4, -0.2) is 40.5 Å². The molecule has 0 radical (unpaired) electrons. The van der Waals surface area contributed by atoms with Crippen LogP contribution in [0.1, 0.15) is 56.9 Å². The molecule has 1 aliphatic heterocycles. The van der Waals surface area contributed by atoms with Gasteiger partial charge in [-0.2, -0.15) is 9.40 Å². The van der Waals surface area contributed by atoms with Crippen LogP contribution < -0.4 is 10.9 Å². The van der Waals surface area contributed by atoms with Crippen molar-refractivity contribution < 1.29 is 13.2 Å². The lowest BCUT2D eigenvalue weighted by molar-refractivity contribution is 0.102. The van der Waals surface area contributed by atoms with E-state index in [4.69, 9.17) is 0 Å². The second-order valence-corrected chi connectivity index (χ2v) is 10.7. The van der Waals surface area contributed by atoms with Gasteiger partial charge in [-0.25, -0.2) is 13.1 Å². The van der Waals surface area contributed by atoms with Crippen molar-refractivity contribution in [2.75, 3.05) is 5.32 Å². The first-order valence-corrected chi connectivity index (χ1v) is 13.1. The molecule has 9 heteroatoms. The molecule has 1 saturated heterocycles. The van der Waals surface area contributed by atoms with E-state index in [1.807, 2.05) is 20.8 Å². The highest BCUT2D eigenvalue weighted by atomic mass is 32.2. The molecule has 0 spiro atoms. The van der Waals surface area contributed by atoms with Gasteiger partial charge in [0.2, 0.25) is 10.0 Å². The number of aryl methyl sites for hydroxylation is 1. The van der Waals surface area contributed by atoms with Gasteiger partial charge in [-0.15, -0.1) is 0 Å². The Bertz CT molecular complexity index is 1360. The number of hydrogen-bond donors (Lipinski definition) is 1. The maximum atomic E-state index is 13.2. The van der Waals surface area contributed by atoms with Crippen LogP contribution in [0.2, 0.25) is 0 Å². The van der Waals surface area contributed by atoms with Crippen LogP contribution in [-0.2, 0) is 16.6 Å². The Balaban J connectivity index is 1.61. The topological polar surface area (TPSA) is 101 Å². The molecule has 4 rings (SSSR count). The number of aromatic nitrogens is 2. The molecule has 2 aromatic carbocycles. The SMILES string of the molecule is CCCn1nc(C(=O)Nc2ccc(S(=O)(=O)N3[C@H](C)CCC[C@@H]3C)cc2)c2ccccc2c1=O. The van der Waals surface area contributed by atoms with Gasteiger partial charge >= 0.3 is 0 Å². The smallest absolute Gasteiger partial charge is 0.276 e. The number of anilines is 1. The zero-order valence-corrected chi connectivity index (χ0v) is 20.5. The number of carbonyl (C=O) groups excluding carboxylic acids is 1. The lowest BCUT2D eigenvalue weighted by atomic mass is 10.0. The molecular weight excluding hydrogens is 452 g/mol. The highest BCUT2D eigenvalue weighted by Crippen LogP contribution is 2.30. The standard InChI is InChI=1S/C25H30N4O4S/c1-4-16-28-25(31)22-11-6-5-10-21(22)23(27-28)24(30)26-19-12-14-20(15-13-19)34(32,33)29-17(2)8-7-9-18(29)3/h5-6,10-15,17-18H,4,7-9,16H2,1-3H3,(H,26,30)/t17-,18+. The van der Waals surface area contributed by atoms with Gasteiger partial charge in [-0.3, -0.25) is 9.59 Å². The van der Waals surface area contributed by atoms with Crippen molar-refractivity contribution in [2.45, 2.75) is 70.0 Å². The number of rotatable bonds is 6. The predicted octanol–water partition coefficient (Wildman–Crippen LogP) is 4.01. The van der Waals surface area contributed by atoms with E-state index >= 15 is 0 Å². The van der Waals surface area contributed by atoms with E-state index in [0.717, 1.165) is 19.3 Å². The number of nitrogens with one attached hydrogen (secondary N) is 1. The minimum Gasteiger partial charge on any atom is -0.321 e. The monoisotopic (exact) mass is 482 g/mol. The fourth-order valence-corrected chi connectivity index (χ4v) is 6.54. The molecule has 2 atom stereocenters. The van der Waals surface area contributed by atoms with Gasteiger partial charge < -0.3 is 5.32 Å². The minimum atomic E-state index is -3.63. The van der Waals surface area contributed by atoms with Gasteiger partial charge in [0.05, 0.1) is 10.3 Å². The predicted molar refractivity (Wildman–Crippen MR) is 132 cm³/mol. The fraction of sp³-hybridized carbons (Fsp3) is 0.400. The highest BCUT2D eigenvalue weighted by molar-refractivity contribution is 7.89. The lowest BCUT2D eigenvalue weighted by Crippen LogP contribution is -2.47. The minimum absolute atomic E-state index is 0.0497. The Labute approximate surface area is 199 Å². The van der Waals surface area contributed by atoms with Crippen molar-refractivity contribution in [3.63, 3.8) is 0 Å². The first-order chi connectivity index (χ1) is 16.2. The maximum absolute atomic E-state index is 13.2. The number of piperidine rings is 1. The quantitative estimate of drug-likeness (QED) is 0.572. The number of benzene rings is 2. The van der Waals surface area contributed by atoms with Crippen molar-refractivity contribution >= 4 is 32.4 Å². The van der Waals surface area contributed by atoms with E-state index in [9.17, 15) is 18.0 Å². The van der Waals surface area contributed by atoms with Gasteiger partial charge in [-0.05, 0) is 63.4 Å². The normalized spacial score (nSPS) is 19.3. The number of hydrogen-bond acceptors (Lipinski definition) is 5. The van der Waals surface area contributed by atoms with Gasteiger partial charge in [0, 0.05) is 29.7 Å². The van der Waals surface area contributed by atoms with E-state index in [-0.39, 0.29) is 28.2 Å². The Hall–Kier alpha value is -3.04. The molecule has 2 heterocycles. The average Bonchev–Trinajstić information content (AvgIpc) is 2.81. The summed E-state index contributed by atoms with van der Waals surface area (Å²) in [6.45, 7) is 6.22. The molecule has 3 aromatic rings. The first-order valence-electron chi connectivity index (χ1n) is 11.7. The third-order valence-corrected chi connectivity index (χ3v) is 8.46.